The third kappa shape index (κ3) is 3.88. The summed E-state index contributed by atoms with van der Waals surface area (Å²) in [4.78, 5) is 0. The van der Waals surface area contributed by atoms with Gasteiger partial charge < -0.3 is 50.0 Å². The second-order valence-corrected chi connectivity index (χ2v) is 6.27. The predicted octanol–water partition coefficient (Wildman–Crippen LogP) is -4.08. The molecule has 2 rings (SSSR count). The first kappa shape index (κ1) is 19.9. The lowest BCUT2D eigenvalue weighted by molar-refractivity contribution is -0.313. The Morgan fingerprint density at radius 1 is 0.708 bits per heavy atom. The summed E-state index contributed by atoms with van der Waals surface area (Å²) in [6.45, 7) is 0.394. The summed E-state index contributed by atoms with van der Waals surface area (Å²) in [5, 5.41) is 67.6. The molecule has 2 fully saturated rings. The van der Waals surface area contributed by atoms with E-state index < -0.39 is 67.6 Å². The monoisotopic (exact) mass is 354 g/mol. The van der Waals surface area contributed by atoms with Crippen LogP contribution >= 0.6 is 0 Å². The Bertz CT molecular complexity index is 356. The number of ether oxygens (including phenoxy) is 3. The molecule has 10 nitrogen and oxygen atoms in total. The quantitative estimate of drug-likeness (QED) is 0.258. The van der Waals surface area contributed by atoms with Crippen LogP contribution in [0.15, 0.2) is 0 Å². The Hall–Kier alpha value is -0.400. The predicted molar refractivity (Wildman–Crippen MR) is 76.6 cm³/mol. The van der Waals surface area contributed by atoms with Gasteiger partial charge in [0.1, 0.15) is 36.6 Å². The number of aliphatic hydroxyl groups is 7. The summed E-state index contributed by atoms with van der Waals surface area (Å²) in [6.07, 6.45) is -11.2. The molecular formula is C14H26O10. The molecule has 0 radical (unpaired) electrons. The van der Waals surface area contributed by atoms with Gasteiger partial charge in [0.25, 0.3) is 0 Å². The molecule has 2 saturated heterocycles. The van der Waals surface area contributed by atoms with E-state index in [0.717, 1.165) is 0 Å². The Labute approximate surface area is 138 Å². The van der Waals surface area contributed by atoms with Crippen molar-refractivity contribution in [3.8, 4) is 0 Å². The van der Waals surface area contributed by atoms with Crippen molar-refractivity contribution in [1.29, 1.82) is 0 Å². The largest absolute Gasteiger partial charge is 0.394 e. The first-order chi connectivity index (χ1) is 11.3. The van der Waals surface area contributed by atoms with Crippen LogP contribution in [0.25, 0.3) is 0 Å². The van der Waals surface area contributed by atoms with Crippen LogP contribution in [0, 0.1) is 5.92 Å². The van der Waals surface area contributed by atoms with Crippen molar-refractivity contribution in [3.05, 3.63) is 0 Å². The molecule has 0 aliphatic carbocycles. The van der Waals surface area contributed by atoms with Gasteiger partial charge in [-0.15, -0.1) is 0 Å². The van der Waals surface area contributed by atoms with Gasteiger partial charge in [-0.1, -0.05) is 6.92 Å². The summed E-state index contributed by atoms with van der Waals surface area (Å²) in [7, 11) is 0. The number of aliphatic hydroxyl groups excluding tert-OH is 7. The lowest BCUT2D eigenvalue weighted by Crippen LogP contribution is -2.60. The zero-order valence-corrected chi connectivity index (χ0v) is 13.3. The molecule has 24 heavy (non-hydrogen) atoms. The van der Waals surface area contributed by atoms with Crippen LogP contribution in [0.3, 0.4) is 0 Å². The maximum absolute atomic E-state index is 10.0. The minimum Gasteiger partial charge on any atom is -0.394 e. The van der Waals surface area contributed by atoms with Crippen molar-refractivity contribution >= 4 is 0 Å². The zero-order chi connectivity index (χ0) is 18.0. The minimum atomic E-state index is -1.58. The summed E-state index contributed by atoms with van der Waals surface area (Å²) in [5.74, 6) is -0.478. The zero-order valence-electron chi connectivity index (χ0n) is 13.3. The topological polar surface area (TPSA) is 169 Å². The number of hydrogen-bond donors (Lipinski definition) is 7. The van der Waals surface area contributed by atoms with Crippen LogP contribution in [-0.2, 0) is 14.2 Å². The van der Waals surface area contributed by atoms with E-state index >= 15 is 0 Å². The van der Waals surface area contributed by atoms with E-state index in [1.54, 1.807) is 6.92 Å². The van der Waals surface area contributed by atoms with Crippen molar-refractivity contribution in [2.24, 2.45) is 5.92 Å². The molecule has 0 aromatic rings. The van der Waals surface area contributed by atoms with Crippen LogP contribution < -0.4 is 0 Å². The molecule has 0 amide bonds. The maximum atomic E-state index is 10.0. The fourth-order valence-corrected chi connectivity index (χ4v) is 2.92. The van der Waals surface area contributed by atoms with Gasteiger partial charge in [-0.05, 0) is 0 Å². The minimum absolute atomic E-state index is 0.301. The molecule has 10 heteroatoms. The molecule has 0 unspecified atom stereocenters. The van der Waals surface area contributed by atoms with Crippen LogP contribution in [0.5, 0.6) is 0 Å². The van der Waals surface area contributed by atoms with Crippen molar-refractivity contribution in [1.82, 2.24) is 0 Å². The van der Waals surface area contributed by atoms with Gasteiger partial charge in [0.05, 0.1) is 32.0 Å². The summed E-state index contributed by atoms with van der Waals surface area (Å²) in [6, 6.07) is 0. The highest BCUT2D eigenvalue weighted by Crippen LogP contribution is 2.27. The van der Waals surface area contributed by atoms with E-state index in [-0.39, 0.29) is 13.2 Å². The Kier molecular flexibility index (Phi) is 6.90. The Balaban J connectivity index is 1.96. The summed E-state index contributed by atoms with van der Waals surface area (Å²) in [5.41, 5.74) is 0. The van der Waals surface area contributed by atoms with Gasteiger partial charge in [0, 0.05) is 5.92 Å². The third-order valence-electron chi connectivity index (χ3n) is 4.66. The molecule has 7 N–H and O–H groups in total. The van der Waals surface area contributed by atoms with Gasteiger partial charge in [0.15, 0.2) is 6.29 Å². The lowest BCUT2D eigenvalue weighted by Gasteiger charge is -2.43. The van der Waals surface area contributed by atoms with Gasteiger partial charge >= 0.3 is 0 Å². The second kappa shape index (κ2) is 8.32. The highest BCUT2D eigenvalue weighted by atomic mass is 16.7. The molecule has 10 atom stereocenters. The Morgan fingerprint density at radius 3 is 1.88 bits per heavy atom. The normalized spacial score (nSPS) is 50.0. The highest BCUT2D eigenvalue weighted by Gasteiger charge is 2.46. The SMILES string of the molecule is C[C@@H]1[C@H](O)[C@H](O)[C@@H](CO[C@@H]2O[C@H](CO)[C@@H](O)[C@@H](O)[C@H]2O)O[C@H]1CO. The average Bonchev–Trinajstić information content (AvgIpc) is 2.58. The fraction of sp³-hybridized carbons (Fsp3) is 1.00. The van der Waals surface area contributed by atoms with Gasteiger partial charge in [0.2, 0.25) is 0 Å². The van der Waals surface area contributed by atoms with Crippen LogP contribution in [-0.4, -0.2) is 111 Å². The molecule has 0 spiro atoms. The van der Waals surface area contributed by atoms with Crippen molar-refractivity contribution < 1.29 is 50.0 Å². The van der Waals surface area contributed by atoms with E-state index in [1.165, 1.54) is 0 Å². The van der Waals surface area contributed by atoms with Gasteiger partial charge in [-0.3, -0.25) is 0 Å². The van der Waals surface area contributed by atoms with E-state index in [2.05, 4.69) is 0 Å². The van der Waals surface area contributed by atoms with Crippen molar-refractivity contribution in [2.75, 3.05) is 19.8 Å². The first-order valence-corrected chi connectivity index (χ1v) is 7.86. The molecular weight excluding hydrogens is 328 g/mol. The van der Waals surface area contributed by atoms with E-state index in [1.807, 2.05) is 0 Å². The molecule has 2 aliphatic rings. The number of rotatable bonds is 5. The highest BCUT2D eigenvalue weighted by molar-refractivity contribution is 4.91. The van der Waals surface area contributed by atoms with Crippen molar-refractivity contribution in [2.45, 2.75) is 62.0 Å². The van der Waals surface area contributed by atoms with Crippen LogP contribution in [0.1, 0.15) is 6.92 Å². The first-order valence-electron chi connectivity index (χ1n) is 7.86. The average molecular weight is 354 g/mol. The molecule has 142 valence electrons. The fourth-order valence-electron chi connectivity index (χ4n) is 2.92. The molecule has 2 aliphatic heterocycles. The summed E-state index contributed by atoms with van der Waals surface area (Å²) >= 11 is 0. The van der Waals surface area contributed by atoms with E-state index in [4.69, 9.17) is 19.3 Å². The Morgan fingerprint density at radius 2 is 1.29 bits per heavy atom. The molecule has 0 aromatic heterocycles. The van der Waals surface area contributed by atoms with E-state index in [9.17, 15) is 30.6 Å². The maximum Gasteiger partial charge on any atom is 0.186 e. The standard InChI is InChI=1S/C14H26O10/c1-5-6(2-15)23-8(11(19)9(5)17)4-22-14-13(21)12(20)10(18)7(3-16)24-14/h5-21H,2-4H2,1H3/t5-,6-,7+,8+,9-,10+,11+,12+,13+,14+/m0/s1. The van der Waals surface area contributed by atoms with E-state index in [0.29, 0.717) is 0 Å². The molecule has 0 aromatic carbocycles. The molecule has 0 bridgehead atoms. The summed E-state index contributed by atoms with van der Waals surface area (Å²) < 4.78 is 16.0. The van der Waals surface area contributed by atoms with Crippen LogP contribution in [0.2, 0.25) is 0 Å². The smallest absolute Gasteiger partial charge is 0.186 e. The lowest BCUT2D eigenvalue weighted by atomic mass is 9.88. The van der Waals surface area contributed by atoms with Crippen molar-refractivity contribution in [3.63, 3.8) is 0 Å². The molecule has 0 saturated carbocycles. The third-order valence-corrected chi connectivity index (χ3v) is 4.66. The number of hydrogen-bond acceptors (Lipinski definition) is 10. The van der Waals surface area contributed by atoms with Gasteiger partial charge in [-0.2, -0.15) is 0 Å². The van der Waals surface area contributed by atoms with Crippen LogP contribution in [0.4, 0.5) is 0 Å². The molecule has 2 heterocycles. The second-order valence-electron chi connectivity index (χ2n) is 6.27. The van der Waals surface area contributed by atoms with Gasteiger partial charge in [-0.25, -0.2) is 0 Å².